The summed E-state index contributed by atoms with van der Waals surface area (Å²) in [6.07, 6.45) is 0.250. The number of H-pyrrole nitrogens is 1. The molecule has 2 aromatic rings. The molecule has 104 valence electrons. The second kappa shape index (κ2) is 5.08. The molecule has 8 heteroatoms. The number of aromatic amines is 1. The third-order valence-corrected chi connectivity index (χ3v) is 2.80. The van der Waals surface area contributed by atoms with Crippen LogP contribution >= 0.6 is 0 Å². The Hall–Kier alpha value is -2.77. The van der Waals surface area contributed by atoms with Gasteiger partial charge >= 0.3 is 0 Å². The van der Waals surface area contributed by atoms with E-state index >= 15 is 0 Å². The Morgan fingerprint density at radius 3 is 3.05 bits per heavy atom. The van der Waals surface area contributed by atoms with Crippen molar-refractivity contribution in [1.29, 1.82) is 0 Å². The standard InChI is InChI=1S/C12H13N5O3/c13-12-15-10(16-17-12)5-14-11(18)4-7-1-2-8-9(3-7)20-6-19-8/h1-3H,4-6H2,(H,14,18)(H3,13,15,16,17). The highest BCUT2D eigenvalue weighted by molar-refractivity contribution is 5.78. The van der Waals surface area contributed by atoms with Crippen LogP contribution in [0, 0.1) is 0 Å². The van der Waals surface area contributed by atoms with E-state index in [-0.39, 0.29) is 31.6 Å². The molecular formula is C12H13N5O3. The zero-order chi connectivity index (χ0) is 13.9. The normalized spacial score (nSPS) is 12.4. The zero-order valence-electron chi connectivity index (χ0n) is 10.5. The van der Waals surface area contributed by atoms with E-state index in [1.165, 1.54) is 0 Å². The molecule has 0 radical (unpaired) electrons. The summed E-state index contributed by atoms with van der Waals surface area (Å²) in [4.78, 5) is 15.7. The first kappa shape index (κ1) is 12.3. The number of ether oxygens (including phenoxy) is 2. The van der Waals surface area contributed by atoms with Gasteiger partial charge in [-0.15, -0.1) is 5.10 Å². The molecule has 0 atom stereocenters. The summed E-state index contributed by atoms with van der Waals surface area (Å²) in [7, 11) is 0. The fraction of sp³-hybridized carbons (Fsp3) is 0.250. The quantitative estimate of drug-likeness (QED) is 0.722. The van der Waals surface area contributed by atoms with E-state index in [9.17, 15) is 4.79 Å². The molecule has 1 aromatic carbocycles. The van der Waals surface area contributed by atoms with E-state index in [1.807, 2.05) is 6.07 Å². The molecule has 1 aromatic heterocycles. The second-order valence-corrected chi connectivity index (χ2v) is 4.28. The molecule has 1 amide bonds. The van der Waals surface area contributed by atoms with Crippen LogP contribution < -0.4 is 20.5 Å². The Labute approximate surface area is 114 Å². The highest BCUT2D eigenvalue weighted by Gasteiger charge is 2.14. The maximum Gasteiger partial charge on any atom is 0.239 e. The van der Waals surface area contributed by atoms with Crippen molar-refractivity contribution < 1.29 is 14.3 Å². The van der Waals surface area contributed by atoms with E-state index in [0.717, 1.165) is 5.56 Å². The SMILES string of the molecule is Nc1n[nH]c(CNC(=O)Cc2ccc3c(c2)OCO3)n1. The largest absolute Gasteiger partial charge is 0.454 e. The lowest BCUT2D eigenvalue weighted by Gasteiger charge is -2.04. The molecule has 4 N–H and O–H groups in total. The number of hydrogen-bond donors (Lipinski definition) is 3. The van der Waals surface area contributed by atoms with Crippen molar-refractivity contribution in [3.8, 4) is 11.5 Å². The number of carbonyl (C=O) groups is 1. The van der Waals surface area contributed by atoms with Crippen molar-refractivity contribution >= 4 is 11.9 Å². The topological polar surface area (TPSA) is 115 Å². The number of carbonyl (C=O) groups excluding carboxylic acids is 1. The number of nitrogens with two attached hydrogens (primary N) is 1. The van der Waals surface area contributed by atoms with Crippen molar-refractivity contribution in [3.63, 3.8) is 0 Å². The average Bonchev–Trinajstić information content (AvgIpc) is 3.04. The molecule has 1 aliphatic heterocycles. The first-order valence-electron chi connectivity index (χ1n) is 6.03. The minimum atomic E-state index is -0.126. The van der Waals surface area contributed by atoms with Crippen molar-refractivity contribution in [2.24, 2.45) is 0 Å². The first-order chi connectivity index (χ1) is 9.70. The van der Waals surface area contributed by atoms with Gasteiger partial charge in [-0.3, -0.25) is 9.89 Å². The number of nitrogen functional groups attached to an aromatic ring is 1. The molecule has 0 bridgehead atoms. The molecule has 20 heavy (non-hydrogen) atoms. The maximum atomic E-state index is 11.8. The lowest BCUT2D eigenvalue weighted by Crippen LogP contribution is -2.25. The summed E-state index contributed by atoms with van der Waals surface area (Å²) in [5.41, 5.74) is 6.22. The van der Waals surface area contributed by atoms with Crippen molar-refractivity contribution in [1.82, 2.24) is 20.5 Å². The monoisotopic (exact) mass is 275 g/mol. The van der Waals surface area contributed by atoms with Crippen LogP contribution in [0.3, 0.4) is 0 Å². The predicted octanol–water partition coefficient (Wildman–Crippen LogP) is -0.0255. The Bertz CT molecular complexity index is 640. The highest BCUT2D eigenvalue weighted by Crippen LogP contribution is 2.32. The van der Waals surface area contributed by atoms with Gasteiger partial charge in [0, 0.05) is 0 Å². The molecular weight excluding hydrogens is 262 g/mol. The number of benzene rings is 1. The molecule has 0 fully saturated rings. The van der Waals surface area contributed by atoms with E-state index in [1.54, 1.807) is 12.1 Å². The number of anilines is 1. The summed E-state index contributed by atoms with van der Waals surface area (Å²) in [6, 6.07) is 5.43. The van der Waals surface area contributed by atoms with Gasteiger partial charge in [0.1, 0.15) is 5.82 Å². The van der Waals surface area contributed by atoms with Crippen LogP contribution in [-0.2, 0) is 17.8 Å². The number of fused-ring (bicyclic) bond motifs is 1. The van der Waals surface area contributed by atoms with E-state index in [2.05, 4.69) is 20.5 Å². The van der Waals surface area contributed by atoms with Gasteiger partial charge in [0.2, 0.25) is 18.6 Å². The highest BCUT2D eigenvalue weighted by atomic mass is 16.7. The van der Waals surface area contributed by atoms with Gasteiger partial charge in [0.05, 0.1) is 13.0 Å². The van der Waals surface area contributed by atoms with Gasteiger partial charge < -0.3 is 20.5 Å². The number of aromatic nitrogens is 3. The predicted molar refractivity (Wildman–Crippen MR) is 68.9 cm³/mol. The number of amides is 1. The average molecular weight is 275 g/mol. The Kier molecular flexibility index (Phi) is 3.12. The van der Waals surface area contributed by atoms with Crippen molar-refractivity contribution in [3.05, 3.63) is 29.6 Å². The number of hydrogen-bond acceptors (Lipinski definition) is 6. The summed E-state index contributed by atoms with van der Waals surface area (Å²) in [5, 5.41) is 9.03. The Morgan fingerprint density at radius 1 is 1.40 bits per heavy atom. The van der Waals surface area contributed by atoms with Crippen LogP contribution in [0.2, 0.25) is 0 Å². The molecule has 1 aliphatic rings. The van der Waals surface area contributed by atoms with Gasteiger partial charge in [0.25, 0.3) is 0 Å². The molecule has 0 spiro atoms. The van der Waals surface area contributed by atoms with Crippen LogP contribution in [0.5, 0.6) is 11.5 Å². The summed E-state index contributed by atoms with van der Waals surface area (Å²) < 4.78 is 10.5. The Morgan fingerprint density at radius 2 is 2.25 bits per heavy atom. The van der Waals surface area contributed by atoms with E-state index in [0.29, 0.717) is 17.3 Å². The molecule has 0 saturated carbocycles. The van der Waals surface area contributed by atoms with Crippen LogP contribution in [-0.4, -0.2) is 27.9 Å². The van der Waals surface area contributed by atoms with Crippen LogP contribution in [0.25, 0.3) is 0 Å². The summed E-state index contributed by atoms with van der Waals surface area (Å²) in [6.45, 7) is 0.478. The fourth-order valence-electron chi connectivity index (χ4n) is 1.87. The summed E-state index contributed by atoms with van der Waals surface area (Å²) in [5.74, 6) is 1.91. The lowest BCUT2D eigenvalue weighted by atomic mass is 10.1. The fourth-order valence-corrected chi connectivity index (χ4v) is 1.87. The van der Waals surface area contributed by atoms with Gasteiger partial charge in [-0.2, -0.15) is 4.98 Å². The van der Waals surface area contributed by atoms with Gasteiger partial charge in [0.15, 0.2) is 11.5 Å². The minimum absolute atomic E-state index is 0.126. The lowest BCUT2D eigenvalue weighted by molar-refractivity contribution is -0.120. The molecule has 3 rings (SSSR count). The third kappa shape index (κ3) is 2.63. The zero-order valence-corrected chi connectivity index (χ0v) is 10.5. The van der Waals surface area contributed by atoms with Crippen molar-refractivity contribution in [2.45, 2.75) is 13.0 Å². The maximum absolute atomic E-state index is 11.8. The Balaban J connectivity index is 1.56. The third-order valence-electron chi connectivity index (χ3n) is 2.80. The number of rotatable bonds is 4. The summed E-state index contributed by atoms with van der Waals surface area (Å²) >= 11 is 0. The van der Waals surface area contributed by atoms with Gasteiger partial charge in [-0.25, -0.2) is 0 Å². The minimum Gasteiger partial charge on any atom is -0.454 e. The number of nitrogens with one attached hydrogen (secondary N) is 2. The van der Waals surface area contributed by atoms with E-state index < -0.39 is 0 Å². The number of nitrogens with zero attached hydrogens (tertiary/aromatic N) is 2. The first-order valence-corrected chi connectivity index (χ1v) is 6.03. The molecule has 0 unspecified atom stereocenters. The molecule has 0 saturated heterocycles. The van der Waals surface area contributed by atoms with E-state index in [4.69, 9.17) is 15.2 Å². The molecule has 8 nitrogen and oxygen atoms in total. The van der Waals surface area contributed by atoms with Crippen molar-refractivity contribution in [2.75, 3.05) is 12.5 Å². The van der Waals surface area contributed by atoms with Crippen LogP contribution in [0.4, 0.5) is 5.95 Å². The van der Waals surface area contributed by atoms with Gasteiger partial charge in [-0.1, -0.05) is 6.07 Å². The molecule has 0 aliphatic carbocycles. The smallest absolute Gasteiger partial charge is 0.239 e. The molecule has 2 heterocycles. The second-order valence-electron chi connectivity index (χ2n) is 4.28. The van der Waals surface area contributed by atoms with Gasteiger partial charge in [-0.05, 0) is 17.7 Å². The van der Waals surface area contributed by atoms with Crippen LogP contribution in [0.1, 0.15) is 11.4 Å². The van der Waals surface area contributed by atoms with Crippen LogP contribution in [0.15, 0.2) is 18.2 Å².